The minimum Gasteiger partial charge on any atom is -0.366 e. The van der Waals surface area contributed by atoms with Crippen molar-refractivity contribution in [2.75, 3.05) is 5.73 Å². The van der Waals surface area contributed by atoms with Crippen LogP contribution in [0.25, 0.3) is 0 Å². The van der Waals surface area contributed by atoms with Crippen molar-refractivity contribution in [1.29, 1.82) is 0 Å². The quantitative estimate of drug-likeness (QED) is 0.541. The van der Waals surface area contributed by atoms with E-state index in [0.717, 1.165) is 0 Å². The van der Waals surface area contributed by atoms with Gasteiger partial charge in [0.05, 0.1) is 6.20 Å². The molecule has 0 fully saturated rings. The average molecular weight is 131 g/mol. The van der Waals surface area contributed by atoms with Crippen LogP contribution in [0.2, 0.25) is 5.15 Å². The molecule has 0 aliphatic carbocycles. The molecule has 0 bridgehead atoms. The van der Waals surface area contributed by atoms with Crippen LogP contribution in [0.15, 0.2) is 6.20 Å². The van der Waals surface area contributed by atoms with E-state index in [1.54, 1.807) is 0 Å². The summed E-state index contributed by atoms with van der Waals surface area (Å²) in [4.78, 5) is 3.55. The summed E-state index contributed by atoms with van der Waals surface area (Å²) in [7, 11) is 0. The lowest BCUT2D eigenvalue weighted by atomic mass is 10.9. The van der Waals surface area contributed by atoms with Crippen molar-refractivity contribution in [3.8, 4) is 0 Å². The molecule has 1 heterocycles. The lowest BCUT2D eigenvalue weighted by molar-refractivity contribution is 0.986. The molecule has 1 aromatic heterocycles. The van der Waals surface area contributed by atoms with Crippen LogP contribution < -0.4 is 5.73 Å². The van der Waals surface area contributed by atoms with Crippen molar-refractivity contribution in [2.45, 2.75) is 0 Å². The Hall–Kier alpha value is -0.900. The standard InChI is InChI=1S/C3H3ClN4/c4-2-1-6-3(5)8-7-2/h1H,(H2,5,6,8). The highest BCUT2D eigenvalue weighted by molar-refractivity contribution is 6.29. The van der Waals surface area contributed by atoms with Crippen molar-refractivity contribution in [3.63, 3.8) is 0 Å². The molecule has 0 atom stereocenters. The Morgan fingerprint density at radius 2 is 2.25 bits per heavy atom. The monoisotopic (exact) mass is 130 g/mol. The third kappa shape index (κ3) is 1.04. The predicted octanol–water partition coefficient (Wildman–Crippen LogP) is 0.107. The molecule has 0 aromatic carbocycles. The molecule has 0 aliphatic heterocycles. The van der Waals surface area contributed by atoms with E-state index in [1.165, 1.54) is 6.20 Å². The van der Waals surface area contributed by atoms with E-state index in [1.807, 2.05) is 0 Å². The van der Waals surface area contributed by atoms with Crippen molar-refractivity contribution in [3.05, 3.63) is 11.3 Å². The fourth-order valence-electron chi connectivity index (χ4n) is 0.270. The number of rotatable bonds is 0. The lowest BCUT2D eigenvalue weighted by Crippen LogP contribution is -1.95. The molecule has 0 saturated heterocycles. The van der Waals surface area contributed by atoms with Crippen LogP contribution in [0.1, 0.15) is 0 Å². The predicted molar refractivity (Wildman–Crippen MR) is 29.2 cm³/mol. The van der Waals surface area contributed by atoms with Gasteiger partial charge in [-0.25, -0.2) is 4.98 Å². The van der Waals surface area contributed by atoms with Gasteiger partial charge in [-0.1, -0.05) is 11.6 Å². The molecule has 1 aromatic rings. The van der Waals surface area contributed by atoms with Gasteiger partial charge in [-0.15, -0.1) is 10.2 Å². The van der Waals surface area contributed by atoms with E-state index in [4.69, 9.17) is 17.3 Å². The molecule has 2 N–H and O–H groups in total. The number of hydrogen-bond donors (Lipinski definition) is 1. The van der Waals surface area contributed by atoms with E-state index >= 15 is 0 Å². The first-order valence-electron chi connectivity index (χ1n) is 1.90. The Morgan fingerprint density at radius 1 is 1.50 bits per heavy atom. The number of nitrogens with zero attached hydrogens (tertiary/aromatic N) is 3. The molecular formula is C3H3ClN4. The third-order valence-corrected chi connectivity index (χ3v) is 0.725. The fourth-order valence-corrected chi connectivity index (χ4v) is 0.357. The molecule has 1 rings (SSSR count). The van der Waals surface area contributed by atoms with Crippen LogP contribution in [0.4, 0.5) is 5.95 Å². The Bertz CT molecular complexity index is 150. The van der Waals surface area contributed by atoms with E-state index in [0.29, 0.717) is 0 Å². The summed E-state index contributed by atoms with van der Waals surface area (Å²) in [6, 6.07) is 0. The van der Waals surface area contributed by atoms with Crippen molar-refractivity contribution in [2.24, 2.45) is 0 Å². The second kappa shape index (κ2) is 1.92. The zero-order valence-electron chi connectivity index (χ0n) is 3.87. The van der Waals surface area contributed by atoms with E-state index < -0.39 is 0 Å². The van der Waals surface area contributed by atoms with Crippen LogP contribution in [-0.2, 0) is 0 Å². The van der Waals surface area contributed by atoms with Gasteiger partial charge in [0.2, 0.25) is 5.95 Å². The smallest absolute Gasteiger partial charge is 0.240 e. The number of anilines is 1. The number of nitrogens with two attached hydrogens (primary N) is 1. The zero-order chi connectivity index (χ0) is 5.98. The summed E-state index contributed by atoms with van der Waals surface area (Å²) in [5.41, 5.74) is 5.08. The molecule has 0 spiro atoms. The summed E-state index contributed by atoms with van der Waals surface area (Å²) in [5.74, 6) is 0.134. The summed E-state index contributed by atoms with van der Waals surface area (Å²) >= 11 is 5.32. The normalized spacial score (nSPS) is 9.12. The molecule has 4 nitrogen and oxygen atoms in total. The Balaban J connectivity index is 3.03. The summed E-state index contributed by atoms with van der Waals surface area (Å²) < 4.78 is 0. The summed E-state index contributed by atoms with van der Waals surface area (Å²) in [5, 5.41) is 7.02. The largest absolute Gasteiger partial charge is 0.366 e. The molecule has 5 heteroatoms. The first-order chi connectivity index (χ1) is 3.79. The van der Waals surface area contributed by atoms with Gasteiger partial charge in [-0.05, 0) is 0 Å². The Labute approximate surface area is 50.7 Å². The Kier molecular flexibility index (Phi) is 1.26. The van der Waals surface area contributed by atoms with Gasteiger partial charge in [0.25, 0.3) is 0 Å². The van der Waals surface area contributed by atoms with E-state index in [2.05, 4.69) is 15.2 Å². The second-order valence-corrected chi connectivity index (χ2v) is 1.53. The van der Waals surface area contributed by atoms with Crippen molar-refractivity contribution < 1.29 is 0 Å². The van der Waals surface area contributed by atoms with Gasteiger partial charge in [-0.2, -0.15) is 0 Å². The van der Waals surface area contributed by atoms with Gasteiger partial charge >= 0.3 is 0 Å². The van der Waals surface area contributed by atoms with Gasteiger partial charge in [0.1, 0.15) is 0 Å². The maximum absolute atomic E-state index is 5.32. The molecule has 42 valence electrons. The van der Waals surface area contributed by atoms with Crippen LogP contribution in [0.5, 0.6) is 0 Å². The molecule has 0 amide bonds. The van der Waals surface area contributed by atoms with Gasteiger partial charge < -0.3 is 5.73 Å². The molecule has 0 radical (unpaired) electrons. The minimum atomic E-state index is 0.134. The van der Waals surface area contributed by atoms with Crippen LogP contribution in [-0.4, -0.2) is 15.2 Å². The van der Waals surface area contributed by atoms with Gasteiger partial charge in [0, 0.05) is 0 Å². The molecule has 0 unspecified atom stereocenters. The summed E-state index contributed by atoms with van der Waals surface area (Å²) in [6.07, 6.45) is 1.34. The first kappa shape index (κ1) is 5.24. The van der Waals surface area contributed by atoms with Gasteiger partial charge in [0.15, 0.2) is 5.15 Å². The average Bonchev–Trinajstić information content (AvgIpc) is 1.77. The molecule has 0 aliphatic rings. The van der Waals surface area contributed by atoms with Crippen LogP contribution in [0.3, 0.4) is 0 Å². The second-order valence-electron chi connectivity index (χ2n) is 1.14. The van der Waals surface area contributed by atoms with Crippen LogP contribution >= 0.6 is 11.6 Å². The molecule has 8 heavy (non-hydrogen) atoms. The van der Waals surface area contributed by atoms with Gasteiger partial charge in [-0.3, -0.25) is 0 Å². The van der Waals surface area contributed by atoms with E-state index in [9.17, 15) is 0 Å². The molecule has 0 saturated carbocycles. The molecular weight excluding hydrogens is 128 g/mol. The lowest BCUT2D eigenvalue weighted by Gasteiger charge is -1.85. The topological polar surface area (TPSA) is 64.7 Å². The SMILES string of the molecule is Nc1ncc(Cl)nn1. The summed E-state index contributed by atoms with van der Waals surface area (Å²) in [6.45, 7) is 0. The number of nitrogen functional groups attached to an aromatic ring is 1. The van der Waals surface area contributed by atoms with Crippen molar-refractivity contribution >= 4 is 17.5 Å². The first-order valence-corrected chi connectivity index (χ1v) is 2.27. The number of hydrogen-bond acceptors (Lipinski definition) is 4. The van der Waals surface area contributed by atoms with Crippen molar-refractivity contribution in [1.82, 2.24) is 15.2 Å². The number of aromatic nitrogens is 3. The number of halogens is 1. The third-order valence-electron chi connectivity index (χ3n) is 0.551. The zero-order valence-corrected chi connectivity index (χ0v) is 4.63. The highest BCUT2D eigenvalue weighted by Gasteiger charge is 1.87. The maximum atomic E-state index is 5.32. The highest BCUT2D eigenvalue weighted by Crippen LogP contribution is 1.97. The van der Waals surface area contributed by atoms with Crippen LogP contribution in [0, 0.1) is 0 Å². The highest BCUT2D eigenvalue weighted by atomic mass is 35.5. The Morgan fingerprint density at radius 3 is 2.62 bits per heavy atom. The fraction of sp³-hybridized carbons (Fsp3) is 0. The van der Waals surface area contributed by atoms with E-state index in [-0.39, 0.29) is 11.1 Å². The minimum absolute atomic E-state index is 0.134. The maximum Gasteiger partial charge on any atom is 0.240 e.